The average Bonchev–Trinajstić information content (AvgIpc) is 2.73. The second-order valence-electron chi connectivity index (χ2n) is 6.37. The van der Waals surface area contributed by atoms with Crippen LogP contribution in [0.15, 0.2) is 66.7 Å². The maximum atomic E-state index is 13.1. The summed E-state index contributed by atoms with van der Waals surface area (Å²) in [6, 6.07) is 16.4. The second-order valence-corrected chi connectivity index (χ2v) is 7.24. The number of hydrogen-bond acceptors (Lipinski definition) is 4. The number of anilines is 1. The number of para-hydroxylation sites is 3. The van der Waals surface area contributed by atoms with Crippen molar-refractivity contribution in [1.29, 1.82) is 0 Å². The fourth-order valence-corrected chi connectivity index (χ4v) is 3.03. The van der Waals surface area contributed by atoms with Gasteiger partial charge < -0.3 is 14.8 Å². The molecule has 0 aliphatic heterocycles. The molecule has 1 amide bonds. The molecule has 174 valence electrons. The monoisotopic (exact) mass is 499 g/mol. The third-order valence-corrected chi connectivity index (χ3v) is 4.42. The van der Waals surface area contributed by atoms with E-state index in [-0.39, 0.29) is 5.69 Å². The van der Waals surface area contributed by atoms with Crippen LogP contribution in [0.2, 0.25) is 10.0 Å². The molecule has 0 aliphatic rings. The number of methoxy groups -OCH3 is 1. The number of amides is 1. The van der Waals surface area contributed by atoms with Crippen molar-refractivity contribution < 1.29 is 32.2 Å². The topological polar surface area (TPSA) is 64.6 Å². The molecule has 0 fully saturated rings. The highest BCUT2D eigenvalue weighted by Crippen LogP contribution is 2.38. The van der Waals surface area contributed by atoms with Crippen molar-refractivity contribution in [3.63, 3.8) is 0 Å². The van der Waals surface area contributed by atoms with E-state index < -0.39 is 34.9 Å². The Morgan fingerprint density at radius 3 is 2.03 bits per heavy atom. The van der Waals surface area contributed by atoms with E-state index in [1.807, 2.05) is 6.07 Å². The first-order valence-electron chi connectivity index (χ1n) is 9.27. The first kappa shape index (κ1) is 26.0. The van der Waals surface area contributed by atoms with Crippen molar-refractivity contribution >= 4 is 40.8 Å². The Kier molecular flexibility index (Phi) is 9.13. The van der Waals surface area contributed by atoms with E-state index in [0.717, 1.165) is 25.1 Å². The van der Waals surface area contributed by atoms with E-state index in [4.69, 9.17) is 27.9 Å². The normalized spacial score (nSPS) is 10.5. The fourth-order valence-electron chi connectivity index (χ4n) is 2.59. The zero-order valence-electron chi connectivity index (χ0n) is 17.4. The summed E-state index contributed by atoms with van der Waals surface area (Å²) < 4.78 is 49.2. The van der Waals surface area contributed by atoms with Crippen molar-refractivity contribution in [1.82, 2.24) is 0 Å². The molecule has 0 aromatic heterocycles. The highest BCUT2D eigenvalue weighted by molar-refractivity contribution is 6.34. The van der Waals surface area contributed by atoms with Gasteiger partial charge in [0.05, 0.1) is 23.9 Å². The molecule has 0 bridgehead atoms. The minimum atomic E-state index is -4.79. The van der Waals surface area contributed by atoms with Gasteiger partial charge in [0.1, 0.15) is 5.75 Å². The maximum absolute atomic E-state index is 13.1. The van der Waals surface area contributed by atoms with E-state index in [1.165, 1.54) is 13.2 Å². The summed E-state index contributed by atoms with van der Waals surface area (Å²) in [4.78, 5) is 23.6. The van der Waals surface area contributed by atoms with Crippen molar-refractivity contribution in [2.24, 2.45) is 0 Å². The van der Waals surface area contributed by atoms with Crippen molar-refractivity contribution in [3.8, 4) is 11.5 Å². The molecule has 0 unspecified atom stereocenters. The Bertz CT molecular complexity index is 1120. The number of hydrogen-bond donors (Lipinski definition) is 1. The van der Waals surface area contributed by atoms with E-state index in [0.29, 0.717) is 15.8 Å². The molecule has 3 aromatic carbocycles. The lowest BCUT2D eigenvalue weighted by molar-refractivity contribution is -0.141. The number of esters is 1. The lowest BCUT2D eigenvalue weighted by atomic mass is 10.1. The Hall–Kier alpha value is -3.23. The van der Waals surface area contributed by atoms with Gasteiger partial charge in [-0.15, -0.1) is 0 Å². The van der Waals surface area contributed by atoms with Gasteiger partial charge in [-0.3, -0.25) is 9.59 Å². The quantitative estimate of drug-likeness (QED) is 0.313. The lowest BCUT2D eigenvalue weighted by Gasteiger charge is -2.16. The third kappa shape index (κ3) is 7.69. The summed E-state index contributed by atoms with van der Waals surface area (Å²) in [5, 5.41) is 3.80. The summed E-state index contributed by atoms with van der Waals surface area (Å²) in [5.41, 5.74) is -1.37. The van der Waals surface area contributed by atoms with Crippen LogP contribution >= 0.6 is 23.2 Å². The number of carbonyl (C=O) groups excluding carboxylic acids is 2. The second kappa shape index (κ2) is 11.6. The smallest absolute Gasteiger partial charge is 0.420 e. The number of halogens is 5. The molecule has 0 saturated heterocycles. The van der Waals surface area contributed by atoms with E-state index >= 15 is 0 Å². The predicted molar refractivity (Wildman–Crippen MR) is 120 cm³/mol. The molecule has 5 nitrogen and oxygen atoms in total. The van der Waals surface area contributed by atoms with E-state index in [9.17, 15) is 22.8 Å². The Morgan fingerprint density at radius 1 is 0.909 bits per heavy atom. The van der Waals surface area contributed by atoms with Gasteiger partial charge in [-0.25, -0.2) is 0 Å². The van der Waals surface area contributed by atoms with Gasteiger partial charge >= 0.3 is 12.1 Å². The van der Waals surface area contributed by atoms with Gasteiger partial charge in [-0.2, -0.15) is 13.2 Å². The number of ether oxygens (including phenoxy) is 2. The van der Waals surface area contributed by atoms with Gasteiger partial charge in [0.15, 0.2) is 5.75 Å². The highest BCUT2D eigenvalue weighted by atomic mass is 35.5. The van der Waals surface area contributed by atoms with Gasteiger partial charge in [0.25, 0.3) is 5.91 Å². The standard InChI is InChI=1S/C17H14F3NO4.C6H4Cl2/c1-10(22)25-15-11(6-5-7-12(15)17(18,19)20)16(23)21-13-8-3-4-9-14(13)24-2;7-5-2-1-3-6(8)4-5/h3-9H,1-2H3,(H,21,23);1-4H. The van der Waals surface area contributed by atoms with Crippen molar-refractivity contribution in [3.05, 3.63) is 87.9 Å². The molecule has 10 heteroatoms. The van der Waals surface area contributed by atoms with Gasteiger partial charge in [0.2, 0.25) is 0 Å². The Balaban J connectivity index is 0.000000405. The van der Waals surface area contributed by atoms with Crippen molar-refractivity contribution in [2.75, 3.05) is 12.4 Å². The van der Waals surface area contributed by atoms with Gasteiger partial charge in [-0.1, -0.05) is 47.5 Å². The third-order valence-electron chi connectivity index (χ3n) is 3.95. The summed E-state index contributed by atoms with van der Waals surface area (Å²) >= 11 is 11.1. The molecule has 0 radical (unpaired) electrons. The zero-order chi connectivity index (χ0) is 24.6. The molecule has 0 saturated carbocycles. The molecule has 33 heavy (non-hydrogen) atoms. The number of alkyl halides is 3. The van der Waals surface area contributed by atoms with Crippen LogP contribution in [0, 0.1) is 0 Å². The van der Waals surface area contributed by atoms with Crippen LogP contribution in [0.4, 0.5) is 18.9 Å². The van der Waals surface area contributed by atoms with Gasteiger partial charge in [-0.05, 0) is 42.5 Å². The number of benzene rings is 3. The highest BCUT2D eigenvalue weighted by Gasteiger charge is 2.37. The number of nitrogens with one attached hydrogen (secondary N) is 1. The molecule has 3 aromatic rings. The molecule has 3 rings (SSSR count). The Morgan fingerprint density at radius 2 is 1.52 bits per heavy atom. The van der Waals surface area contributed by atoms with Crippen LogP contribution in [0.3, 0.4) is 0 Å². The lowest BCUT2D eigenvalue weighted by Crippen LogP contribution is -2.19. The number of rotatable bonds is 4. The summed E-state index contributed by atoms with van der Waals surface area (Å²) in [6.45, 7) is 0.953. The molecular weight excluding hydrogens is 482 g/mol. The van der Waals surface area contributed by atoms with E-state index in [1.54, 1.807) is 36.4 Å². The largest absolute Gasteiger partial charge is 0.495 e. The molecule has 0 atom stereocenters. The van der Waals surface area contributed by atoms with Crippen molar-refractivity contribution in [2.45, 2.75) is 13.1 Å². The molecule has 0 aliphatic carbocycles. The summed E-state index contributed by atoms with van der Waals surface area (Å²) in [5.74, 6) is -2.35. The first-order valence-corrected chi connectivity index (χ1v) is 10.0. The summed E-state index contributed by atoms with van der Waals surface area (Å²) in [6.07, 6.45) is -4.79. The molecule has 0 spiro atoms. The van der Waals surface area contributed by atoms with E-state index in [2.05, 4.69) is 10.1 Å². The van der Waals surface area contributed by atoms with Crippen LogP contribution in [0.25, 0.3) is 0 Å². The summed E-state index contributed by atoms with van der Waals surface area (Å²) in [7, 11) is 1.39. The maximum Gasteiger partial charge on any atom is 0.420 e. The van der Waals surface area contributed by atoms with Gasteiger partial charge in [0, 0.05) is 17.0 Å². The SMILES string of the molecule is COc1ccccc1NC(=O)c1cccc(C(F)(F)F)c1OC(C)=O.Clc1cccc(Cl)c1. The van der Waals surface area contributed by atoms with Crippen LogP contribution in [-0.2, 0) is 11.0 Å². The minimum absolute atomic E-state index is 0.265. The molecule has 0 heterocycles. The zero-order valence-corrected chi connectivity index (χ0v) is 18.9. The molecule has 1 N–H and O–H groups in total. The van der Waals surface area contributed by atoms with Crippen LogP contribution in [0.5, 0.6) is 11.5 Å². The minimum Gasteiger partial charge on any atom is -0.495 e. The van der Waals surface area contributed by atoms with Crippen LogP contribution in [-0.4, -0.2) is 19.0 Å². The fraction of sp³-hybridized carbons (Fsp3) is 0.130. The number of carbonyl (C=O) groups is 2. The predicted octanol–water partition coefficient (Wildman–Crippen LogP) is 6.89. The molecular formula is C23H18Cl2F3NO4. The first-order chi connectivity index (χ1) is 15.5. The van der Waals surface area contributed by atoms with Crippen LogP contribution < -0.4 is 14.8 Å². The average molecular weight is 500 g/mol. The van der Waals surface area contributed by atoms with Crippen LogP contribution in [0.1, 0.15) is 22.8 Å². The Labute approximate surface area is 198 Å².